The van der Waals surface area contributed by atoms with E-state index >= 15 is 0 Å². The van der Waals surface area contributed by atoms with Gasteiger partial charge in [0, 0.05) is 27.4 Å². The number of nitrogens with zero attached hydrogens (tertiary/aromatic N) is 4. The molecule has 0 bridgehead atoms. The zero-order valence-corrected chi connectivity index (χ0v) is 21.0. The van der Waals surface area contributed by atoms with Crippen LogP contribution in [-0.2, 0) is 0 Å². The zero-order chi connectivity index (χ0) is 25.1. The Balaban J connectivity index is 1.37. The maximum Gasteiger partial charge on any atom is 0.290 e. The van der Waals surface area contributed by atoms with Gasteiger partial charge in [-0.2, -0.15) is 10.2 Å². The van der Waals surface area contributed by atoms with E-state index in [0.717, 1.165) is 16.8 Å². The van der Waals surface area contributed by atoms with Crippen LogP contribution in [0.25, 0.3) is 0 Å². The average molecular weight is 536 g/mol. The first-order valence-corrected chi connectivity index (χ1v) is 12.6. The molecule has 0 saturated carbocycles. The topological polar surface area (TPSA) is 90.2 Å². The Labute approximate surface area is 221 Å². The van der Waals surface area contributed by atoms with Gasteiger partial charge in [0.25, 0.3) is 5.91 Å². The molecule has 1 amide bonds. The van der Waals surface area contributed by atoms with Crippen LogP contribution in [0.15, 0.2) is 88.4 Å². The second kappa shape index (κ2) is 10.5. The van der Waals surface area contributed by atoms with E-state index < -0.39 is 5.91 Å². The summed E-state index contributed by atoms with van der Waals surface area (Å²) in [6.45, 7) is 0. The maximum atomic E-state index is 12.6. The number of carbonyl (C=O) groups is 1. The van der Waals surface area contributed by atoms with Crippen LogP contribution >= 0.6 is 34.5 Å². The second-order valence-electron chi connectivity index (χ2n) is 7.95. The van der Waals surface area contributed by atoms with Crippen molar-refractivity contribution in [2.75, 3.05) is 5.01 Å². The number of carbonyl (C=O) groups excluding carboxylic acids is 1. The first-order chi connectivity index (χ1) is 17.5. The molecular weight excluding hydrogens is 517 g/mol. The minimum atomic E-state index is -0.475. The molecule has 1 atom stereocenters. The van der Waals surface area contributed by atoms with Crippen molar-refractivity contribution in [2.24, 2.45) is 10.2 Å². The van der Waals surface area contributed by atoms with Gasteiger partial charge in [0.2, 0.25) is 5.13 Å². The summed E-state index contributed by atoms with van der Waals surface area (Å²) in [6.07, 6.45) is 2.02. The SMILES string of the molecule is O=C(N/N=C/c1ccc(Cl)cc1O)c1csc(N2N=C(c3ccccc3)CC2c2ccc(Cl)cc2)n1. The largest absolute Gasteiger partial charge is 0.507 e. The molecule has 1 aromatic heterocycles. The van der Waals surface area contributed by atoms with Crippen molar-refractivity contribution in [3.8, 4) is 5.75 Å². The van der Waals surface area contributed by atoms with Crippen LogP contribution in [0.5, 0.6) is 5.75 Å². The lowest BCUT2D eigenvalue weighted by Crippen LogP contribution is -2.20. The van der Waals surface area contributed by atoms with Gasteiger partial charge < -0.3 is 5.11 Å². The number of phenolic OH excluding ortho intramolecular Hbond substituents is 1. The summed E-state index contributed by atoms with van der Waals surface area (Å²) in [5.41, 5.74) is 6.09. The van der Waals surface area contributed by atoms with Crippen LogP contribution in [0.3, 0.4) is 0 Å². The molecule has 0 saturated heterocycles. The third-order valence-electron chi connectivity index (χ3n) is 5.56. The van der Waals surface area contributed by atoms with E-state index in [9.17, 15) is 9.90 Å². The monoisotopic (exact) mass is 535 g/mol. The van der Waals surface area contributed by atoms with Crippen molar-refractivity contribution < 1.29 is 9.90 Å². The lowest BCUT2D eigenvalue weighted by Gasteiger charge is -2.21. The molecule has 4 aromatic rings. The first kappa shape index (κ1) is 24.0. The summed E-state index contributed by atoms with van der Waals surface area (Å²) in [6, 6.07) is 22.2. The van der Waals surface area contributed by atoms with E-state index in [4.69, 9.17) is 28.3 Å². The normalized spacial score (nSPS) is 15.3. The fourth-order valence-corrected chi connectivity index (χ4v) is 4.85. The molecule has 3 aromatic carbocycles. The van der Waals surface area contributed by atoms with Crippen LogP contribution in [0.2, 0.25) is 10.0 Å². The Morgan fingerprint density at radius 3 is 2.58 bits per heavy atom. The summed E-state index contributed by atoms with van der Waals surface area (Å²) in [7, 11) is 0. The number of phenols is 1. The Morgan fingerprint density at radius 2 is 1.83 bits per heavy atom. The Hall–Kier alpha value is -3.72. The van der Waals surface area contributed by atoms with Gasteiger partial charge in [-0.15, -0.1) is 11.3 Å². The van der Waals surface area contributed by atoms with Crippen molar-refractivity contribution in [3.63, 3.8) is 0 Å². The van der Waals surface area contributed by atoms with E-state index in [1.165, 1.54) is 23.6 Å². The van der Waals surface area contributed by atoms with Gasteiger partial charge in [-0.3, -0.25) is 4.79 Å². The molecule has 5 rings (SSSR count). The minimum Gasteiger partial charge on any atom is -0.507 e. The van der Waals surface area contributed by atoms with Crippen molar-refractivity contribution in [1.82, 2.24) is 10.4 Å². The highest BCUT2D eigenvalue weighted by Crippen LogP contribution is 2.38. The number of amides is 1. The molecule has 10 heteroatoms. The van der Waals surface area contributed by atoms with Crippen molar-refractivity contribution in [2.45, 2.75) is 12.5 Å². The smallest absolute Gasteiger partial charge is 0.290 e. The summed E-state index contributed by atoms with van der Waals surface area (Å²) in [5.74, 6) is -0.512. The van der Waals surface area contributed by atoms with Gasteiger partial charge >= 0.3 is 0 Å². The number of aromatic hydroxyl groups is 1. The molecule has 1 aliphatic heterocycles. The summed E-state index contributed by atoms with van der Waals surface area (Å²) in [5, 5.41) is 23.9. The molecule has 0 fully saturated rings. The Morgan fingerprint density at radius 1 is 1.08 bits per heavy atom. The van der Waals surface area contributed by atoms with Crippen LogP contribution in [0, 0.1) is 0 Å². The number of benzene rings is 3. The fraction of sp³-hybridized carbons (Fsp3) is 0.0769. The molecule has 0 radical (unpaired) electrons. The van der Waals surface area contributed by atoms with Crippen LogP contribution in [0.1, 0.15) is 39.6 Å². The number of hydrogen-bond acceptors (Lipinski definition) is 7. The lowest BCUT2D eigenvalue weighted by atomic mass is 9.99. The zero-order valence-electron chi connectivity index (χ0n) is 18.7. The molecule has 0 aliphatic carbocycles. The molecule has 0 spiro atoms. The van der Waals surface area contributed by atoms with Gasteiger partial charge in [0.05, 0.1) is 18.0 Å². The van der Waals surface area contributed by atoms with Crippen LogP contribution in [-0.4, -0.2) is 27.9 Å². The summed E-state index contributed by atoms with van der Waals surface area (Å²) in [4.78, 5) is 17.2. The fourth-order valence-electron chi connectivity index (χ4n) is 3.75. The summed E-state index contributed by atoms with van der Waals surface area (Å²) >= 11 is 13.3. The van der Waals surface area contributed by atoms with Gasteiger partial charge in [0.15, 0.2) is 0 Å². The molecule has 180 valence electrons. The van der Waals surface area contributed by atoms with E-state index in [0.29, 0.717) is 27.2 Å². The van der Waals surface area contributed by atoms with E-state index in [2.05, 4.69) is 15.5 Å². The number of hydrazone groups is 2. The van der Waals surface area contributed by atoms with E-state index in [-0.39, 0.29) is 17.5 Å². The highest BCUT2D eigenvalue weighted by Gasteiger charge is 2.32. The van der Waals surface area contributed by atoms with Crippen molar-refractivity contribution in [3.05, 3.63) is 111 Å². The predicted molar refractivity (Wildman–Crippen MR) is 145 cm³/mol. The third kappa shape index (κ3) is 5.26. The maximum absolute atomic E-state index is 12.6. The van der Waals surface area contributed by atoms with Crippen molar-refractivity contribution in [1.29, 1.82) is 0 Å². The molecule has 2 heterocycles. The van der Waals surface area contributed by atoms with Crippen LogP contribution < -0.4 is 10.4 Å². The quantitative estimate of drug-likeness (QED) is 0.224. The summed E-state index contributed by atoms with van der Waals surface area (Å²) < 4.78 is 0. The standard InChI is InChI=1S/C26H19Cl2N5O2S/c27-19-9-6-17(7-10-19)23-13-21(16-4-2-1-3-5-16)32-33(23)26-30-22(15-36-26)25(35)31-29-14-18-8-11-20(28)12-24(18)34/h1-12,14-15,23,34H,13H2,(H,31,35)/b29-14+. The molecule has 1 unspecified atom stereocenters. The van der Waals surface area contributed by atoms with Gasteiger partial charge in [-0.1, -0.05) is 65.7 Å². The average Bonchev–Trinajstić information content (AvgIpc) is 3.54. The van der Waals surface area contributed by atoms with E-state index in [1.54, 1.807) is 17.5 Å². The number of nitrogens with one attached hydrogen (secondary N) is 1. The number of halogens is 2. The van der Waals surface area contributed by atoms with Crippen LogP contribution in [0.4, 0.5) is 5.13 Å². The van der Waals surface area contributed by atoms with Crippen molar-refractivity contribution >= 4 is 57.5 Å². The second-order valence-corrected chi connectivity index (χ2v) is 9.66. The highest BCUT2D eigenvalue weighted by molar-refractivity contribution is 7.14. The number of anilines is 1. The minimum absolute atomic E-state index is 0.0363. The van der Waals surface area contributed by atoms with Gasteiger partial charge in [-0.25, -0.2) is 15.4 Å². The van der Waals surface area contributed by atoms with Gasteiger partial charge in [-0.05, 0) is 41.5 Å². The number of thiazole rings is 1. The Bertz CT molecular complexity index is 1450. The number of hydrogen-bond donors (Lipinski definition) is 2. The molecule has 36 heavy (non-hydrogen) atoms. The molecular formula is C26H19Cl2N5O2S. The number of aromatic nitrogens is 1. The Kier molecular flexibility index (Phi) is 6.99. The molecule has 2 N–H and O–H groups in total. The van der Waals surface area contributed by atoms with Gasteiger partial charge in [0.1, 0.15) is 11.4 Å². The highest BCUT2D eigenvalue weighted by atomic mass is 35.5. The molecule has 1 aliphatic rings. The molecule has 7 nitrogen and oxygen atoms in total. The number of rotatable bonds is 6. The lowest BCUT2D eigenvalue weighted by molar-refractivity contribution is 0.0951. The van der Waals surface area contributed by atoms with E-state index in [1.807, 2.05) is 59.6 Å². The first-order valence-electron chi connectivity index (χ1n) is 10.9. The third-order valence-corrected chi connectivity index (χ3v) is 6.87. The predicted octanol–water partition coefficient (Wildman–Crippen LogP) is 6.28.